The molecule has 0 bridgehead atoms. The first kappa shape index (κ1) is 15.7. The lowest BCUT2D eigenvalue weighted by Crippen LogP contribution is -2.24. The van der Waals surface area contributed by atoms with Gasteiger partial charge in [0.2, 0.25) is 10.0 Å². The van der Waals surface area contributed by atoms with Crippen LogP contribution in [0.25, 0.3) is 6.08 Å². The standard InChI is InChI=1S/C15H19NO4S/c17-15(18)10-7-13-5-8-14(9-6-13)21(19,20)16-11-1-2-12-3-4-12/h5-10,12,16H,1-4,11H2,(H,17,18)/b10-7+. The van der Waals surface area contributed by atoms with Crippen molar-refractivity contribution in [1.82, 2.24) is 4.72 Å². The van der Waals surface area contributed by atoms with Gasteiger partial charge in [-0.15, -0.1) is 0 Å². The largest absolute Gasteiger partial charge is 0.478 e. The molecule has 1 aliphatic rings. The molecule has 0 aromatic heterocycles. The van der Waals surface area contributed by atoms with E-state index in [1.807, 2.05) is 0 Å². The van der Waals surface area contributed by atoms with Gasteiger partial charge in [0.25, 0.3) is 0 Å². The number of hydrogen-bond acceptors (Lipinski definition) is 3. The van der Waals surface area contributed by atoms with Crippen LogP contribution in [0.3, 0.4) is 0 Å². The fraction of sp³-hybridized carbons (Fsp3) is 0.400. The topological polar surface area (TPSA) is 83.5 Å². The summed E-state index contributed by atoms with van der Waals surface area (Å²) in [5.41, 5.74) is 0.644. The van der Waals surface area contributed by atoms with Crippen molar-refractivity contribution in [2.75, 3.05) is 6.54 Å². The lowest BCUT2D eigenvalue weighted by Gasteiger charge is -2.06. The van der Waals surface area contributed by atoms with Crippen LogP contribution in [-0.2, 0) is 14.8 Å². The minimum absolute atomic E-state index is 0.196. The maximum absolute atomic E-state index is 12.0. The number of carbonyl (C=O) groups is 1. The predicted octanol–water partition coefficient (Wildman–Crippen LogP) is 2.25. The number of hydrogen-bond donors (Lipinski definition) is 2. The first-order chi connectivity index (χ1) is 9.97. The van der Waals surface area contributed by atoms with Gasteiger partial charge in [-0.3, -0.25) is 0 Å². The molecular formula is C15H19NO4S. The van der Waals surface area contributed by atoms with Crippen molar-refractivity contribution in [3.05, 3.63) is 35.9 Å². The van der Waals surface area contributed by atoms with Crippen molar-refractivity contribution < 1.29 is 18.3 Å². The minimum atomic E-state index is -3.48. The van der Waals surface area contributed by atoms with Crippen LogP contribution < -0.4 is 4.72 Å². The first-order valence-electron chi connectivity index (χ1n) is 6.98. The Kier molecular flexibility index (Phi) is 5.14. The lowest BCUT2D eigenvalue weighted by molar-refractivity contribution is -0.131. The van der Waals surface area contributed by atoms with E-state index < -0.39 is 16.0 Å². The van der Waals surface area contributed by atoms with Crippen molar-refractivity contribution in [2.45, 2.75) is 30.6 Å². The highest BCUT2D eigenvalue weighted by Gasteiger charge is 2.20. The van der Waals surface area contributed by atoms with Gasteiger partial charge in [-0.25, -0.2) is 17.9 Å². The molecular weight excluding hydrogens is 290 g/mol. The van der Waals surface area contributed by atoms with Gasteiger partial charge >= 0.3 is 5.97 Å². The molecule has 1 fully saturated rings. The number of aliphatic carboxylic acids is 1. The second-order valence-corrected chi connectivity index (χ2v) is 6.99. The van der Waals surface area contributed by atoms with Gasteiger partial charge in [0.05, 0.1) is 4.90 Å². The minimum Gasteiger partial charge on any atom is -0.478 e. The van der Waals surface area contributed by atoms with E-state index in [0.717, 1.165) is 24.8 Å². The smallest absolute Gasteiger partial charge is 0.328 e. The summed E-state index contributed by atoms with van der Waals surface area (Å²) in [5, 5.41) is 8.53. The number of carboxylic acids is 1. The zero-order valence-electron chi connectivity index (χ0n) is 11.7. The number of carboxylic acid groups (broad SMARTS) is 1. The average Bonchev–Trinajstić information content (AvgIpc) is 3.26. The quantitative estimate of drug-likeness (QED) is 0.570. The zero-order valence-corrected chi connectivity index (χ0v) is 12.5. The predicted molar refractivity (Wildman–Crippen MR) is 80.3 cm³/mol. The van der Waals surface area contributed by atoms with E-state index in [0.29, 0.717) is 12.1 Å². The summed E-state index contributed by atoms with van der Waals surface area (Å²) >= 11 is 0. The molecule has 0 amide bonds. The van der Waals surface area contributed by atoms with Gasteiger partial charge in [-0.05, 0) is 42.5 Å². The van der Waals surface area contributed by atoms with Crippen molar-refractivity contribution in [1.29, 1.82) is 0 Å². The molecule has 21 heavy (non-hydrogen) atoms. The van der Waals surface area contributed by atoms with Crippen LogP contribution in [0, 0.1) is 5.92 Å². The molecule has 0 saturated heterocycles. The van der Waals surface area contributed by atoms with Crippen molar-refractivity contribution in [2.24, 2.45) is 5.92 Å². The monoisotopic (exact) mass is 309 g/mol. The van der Waals surface area contributed by atoms with E-state index in [4.69, 9.17) is 5.11 Å². The third kappa shape index (κ3) is 5.32. The third-order valence-electron chi connectivity index (χ3n) is 3.39. The Labute approximate surface area is 124 Å². The fourth-order valence-electron chi connectivity index (χ4n) is 2.01. The number of nitrogens with one attached hydrogen (secondary N) is 1. The molecule has 1 saturated carbocycles. The third-order valence-corrected chi connectivity index (χ3v) is 4.86. The average molecular weight is 309 g/mol. The molecule has 0 heterocycles. The zero-order chi connectivity index (χ0) is 15.3. The molecule has 0 atom stereocenters. The normalized spacial score (nSPS) is 15.4. The Morgan fingerprint density at radius 1 is 1.29 bits per heavy atom. The lowest BCUT2D eigenvalue weighted by atomic mass is 10.2. The summed E-state index contributed by atoms with van der Waals surface area (Å²) in [7, 11) is -3.48. The Bertz CT molecular complexity index is 616. The van der Waals surface area contributed by atoms with E-state index in [-0.39, 0.29) is 4.90 Å². The van der Waals surface area contributed by atoms with Gasteiger partial charge in [-0.2, -0.15) is 0 Å². The van der Waals surface area contributed by atoms with Crippen LogP contribution in [0.5, 0.6) is 0 Å². The van der Waals surface area contributed by atoms with E-state index in [1.54, 1.807) is 12.1 Å². The summed E-state index contributed by atoms with van der Waals surface area (Å²) in [5.74, 6) is -0.237. The second-order valence-electron chi connectivity index (χ2n) is 5.22. The maximum atomic E-state index is 12.0. The molecule has 0 radical (unpaired) electrons. The highest BCUT2D eigenvalue weighted by molar-refractivity contribution is 7.89. The van der Waals surface area contributed by atoms with Crippen LogP contribution in [0.4, 0.5) is 0 Å². The number of benzene rings is 1. The fourth-order valence-corrected chi connectivity index (χ4v) is 3.09. The van der Waals surface area contributed by atoms with E-state index >= 15 is 0 Å². The van der Waals surface area contributed by atoms with Crippen molar-refractivity contribution in [3.63, 3.8) is 0 Å². The van der Waals surface area contributed by atoms with Crippen LogP contribution >= 0.6 is 0 Å². The molecule has 6 heteroatoms. The van der Waals surface area contributed by atoms with Gasteiger partial charge in [0.15, 0.2) is 0 Å². The molecule has 2 N–H and O–H groups in total. The van der Waals surface area contributed by atoms with Crippen molar-refractivity contribution in [3.8, 4) is 0 Å². The van der Waals surface area contributed by atoms with Gasteiger partial charge in [0.1, 0.15) is 0 Å². The molecule has 2 rings (SSSR count). The highest BCUT2D eigenvalue weighted by Crippen LogP contribution is 2.33. The first-order valence-corrected chi connectivity index (χ1v) is 8.46. The molecule has 0 unspecified atom stereocenters. The Morgan fingerprint density at radius 2 is 1.95 bits per heavy atom. The molecule has 1 aromatic carbocycles. The molecule has 5 nitrogen and oxygen atoms in total. The van der Waals surface area contributed by atoms with Crippen LogP contribution in [0.15, 0.2) is 35.2 Å². The van der Waals surface area contributed by atoms with E-state index in [1.165, 1.54) is 31.1 Å². The number of rotatable bonds is 8. The van der Waals surface area contributed by atoms with Gasteiger partial charge < -0.3 is 5.11 Å². The second kappa shape index (κ2) is 6.87. The summed E-state index contributed by atoms with van der Waals surface area (Å²) in [6.07, 6.45) is 6.93. The Hall–Kier alpha value is -1.66. The summed E-state index contributed by atoms with van der Waals surface area (Å²) in [6, 6.07) is 6.12. The molecule has 114 valence electrons. The summed E-state index contributed by atoms with van der Waals surface area (Å²) in [4.78, 5) is 10.6. The van der Waals surface area contributed by atoms with Crippen LogP contribution in [0.2, 0.25) is 0 Å². The Balaban J connectivity index is 1.90. The molecule has 1 aromatic rings. The Morgan fingerprint density at radius 3 is 2.52 bits per heavy atom. The van der Waals surface area contributed by atoms with Crippen molar-refractivity contribution >= 4 is 22.1 Å². The summed E-state index contributed by atoms with van der Waals surface area (Å²) in [6.45, 7) is 0.458. The summed E-state index contributed by atoms with van der Waals surface area (Å²) < 4.78 is 26.7. The van der Waals surface area contributed by atoms with Gasteiger partial charge in [0, 0.05) is 12.6 Å². The van der Waals surface area contributed by atoms with Crippen LogP contribution in [0.1, 0.15) is 31.2 Å². The van der Waals surface area contributed by atoms with Gasteiger partial charge in [-0.1, -0.05) is 25.0 Å². The molecule has 1 aliphatic carbocycles. The maximum Gasteiger partial charge on any atom is 0.328 e. The van der Waals surface area contributed by atoms with Crippen LogP contribution in [-0.4, -0.2) is 26.0 Å². The molecule has 0 spiro atoms. The SMILES string of the molecule is O=C(O)/C=C/c1ccc(S(=O)(=O)NCCCC2CC2)cc1. The number of sulfonamides is 1. The van der Waals surface area contributed by atoms with E-state index in [2.05, 4.69) is 4.72 Å². The van der Waals surface area contributed by atoms with E-state index in [9.17, 15) is 13.2 Å². The highest BCUT2D eigenvalue weighted by atomic mass is 32.2. The molecule has 0 aliphatic heterocycles.